The fourth-order valence-electron chi connectivity index (χ4n) is 3.17. The second-order valence-electron chi connectivity index (χ2n) is 7.28. The number of ether oxygens (including phenoxy) is 1. The summed E-state index contributed by atoms with van der Waals surface area (Å²) in [5.74, 6) is -0.475. The molecule has 2 aliphatic rings. The van der Waals surface area contributed by atoms with Crippen molar-refractivity contribution in [3.05, 3.63) is 54.0 Å². The van der Waals surface area contributed by atoms with Gasteiger partial charge in [0.2, 0.25) is 17.7 Å². The Labute approximate surface area is 208 Å². The molecule has 0 spiro atoms. The number of amides is 3. The molecule has 182 valence electrons. The number of esters is 1. The summed E-state index contributed by atoms with van der Waals surface area (Å²) in [6.07, 6.45) is 1.40. The number of carbonyl (C=O) groups is 4. The molecule has 0 saturated carbocycles. The van der Waals surface area contributed by atoms with Crippen LogP contribution in [0, 0.1) is 0 Å². The highest BCUT2D eigenvalue weighted by atomic mass is 32.2. The van der Waals surface area contributed by atoms with Crippen molar-refractivity contribution in [3.63, 3.8) is 0 Å². The maximum atomic E-state index is 13.1. The van der Waals surface area contributed by atoms with Crippen molar-refractivity contribution in [3.8, 4) is 0 Å². The highest BCUT2D eigenvalue weighted by Gasteiger charge is 2.40. The number of thioether (sulfide) groups is 2. The molecule has 2 aliphatic heterocycles. The molecular formula is C22H21N5O6S2. The first-order valence-corrected chi connectivity index (χ1v) is 12.4. The SMILES string of the molecule is CCOC(=O)c1ccc(NC(=O)CC2S/C(=N/N=C3\NC(=O)CS3)N(Cc3ccco3)C2=O)cc1. The highest BCUT2D eigenvalue weighted by molar-refractivity contribution is 8.15. The Morgan fingerprint density at radius 2 is 2.03 bits per heavy atom. The molecule has 11 nitrogen and oxygen atoms in total. The summed E-state index contributed by atoms with van der Waals surface area (Å²) >= 11 is 2.33. The average Bonchev–Trinajstić information content (AvgIpc) is 3.57. The van der Waals surface area contributed by atoms with Crippen molar-refractivity contribution in [1.29, 1.82) is 0 Å². The van der Waals surface area contributed by atoms with Crippen LogP contribution in [0.4, 0.5) is 5.69 Å². The maximum absolute atomic E-state index is 13.1. The van der Waals surface area contributed by atoms with Crippen LogP contribution in [-0.2, 0) is 25.7 Å². The van der Waals surface area contributed by atoms with E-state index < -0.39 is 11.2 Å². The normalized spacial score (nSPS) is 19.9. The van der Waals surface area contributed by atoms with Gasteiger partial charge in [0.05, 0.1) is 30.7 Å². The first-order valence-electron chi connectivity index (χ1n) is 10.6. The lowest BCUT2D eigenvalue weighted by Crippen LogP contribution is -2.33. The Balaban J connectivity index is 1.43. The molecule has 1 aromatic heterocycles. The number of anilines is 1. The second-order valence-corrected chi connectivity index (χ2v) is 9.42. The number of rotatable bonds is 8. The molecule has 2 fully saturated rings. The third-order valence-corrected chi connectivity index (χ3v) is 6.81. The van der Waals surface area contributed by atoms with Gasteiger partial charge < -0.3 is 19.8 Å². The van der Waals surface area contributed by atoms with E-state index in [0.29, 0.717) is 27.3 Å². The zero-order valence-electron chi connectivity index (χ0n) is 18.6. The van der Waals surface area contributed by atoms with Gasteiger partial charge in [0.15, 0.2) is 10.3 Å². The topological polar surface area (TPSA) is 143 Å². The van der Waals surface area contributed by atoms with Crippen molar-refractivity contribution in [2.24, 2.45) is 10.2 Å². The molecule has 2 aromatic rings. The summed E-state index contributed by atoms with van der Waals surface area (Å²) in [4.78, 5) is 50.3. The fraction of sp³-hybridized carbons (Fsp3) is 0.273. The van der Waals surface area contributed by atoms with Gasteiger partial charge in [-0.15, -0.1) is 10.2 Å². The van der Waals surface area contributed by atoms with Crippen LogP contribution in [0.25, 0.3) is 0 Å². The number of hydrogen-bond donors (Lipinski definition) is 2. The largest absolute Gasteiger partial charge is 0.467 e. The first-order chi connectivity index (χ1) is 16.9. The fourth-order valence-corrected chi connectivity index (χ4v) is 4.88. The summed E-state index contributed by atoms with van der Waals surface area (Å²) in [5.41, 5.74) is 0.860. The number of amidine groups is 2. The van der Waals surface area contributed by atoms with Gasteiger partial charge in [0, 0.05) is 12.1 Å². The Morgan fingerprint density at radius 3 is 2.69 bits per heavy atom. The molecule has 3 heterocycles. The van der Waals surface area contributed by atoms with E-state index in [1.165, 1.54) is 22.9 Å². The lowest BCUT2D eigenvalue weighted by atomic mass is 10.2. The molecule has 35 heavy (non-hydrogen) atoms. The molecule has 1 aromatic carbocycles. The van der Waals surface area contributed by atoms with Crippen LogP contribution in [0.2, 0.25) is 0 Å². The number of carbonyl (C=O) groups excluding carboxylic acids is 4. The van der Waals surface area contributed by atoms with Gasteiger partial charge in [0.25, 0.3) is 0 Å². The van der Waals surface area contributed by atoms with E-state index in [4.69, 9.17) is 9.15 Å². The lowest BCUT2D eigenvalue weighted by molar-refractivity contribution is -0.128. The predicted octanol–water partition coefficient (Wildman–Crippen LogP) is 2.42. The number of furan rings is 1. The van der Waals surface area contributed by atoms with Gasteiger partial charge >= 0.3 is 5.97 Å². The summed E-state index contributed by atoms with van der Waals surface area (Å²) in [6, 6.07) is 9.73. The summed E-state index contributed by atoms with van der Waals surface area (Å²) < 4.78 is 10.3. The van der Waals surface area contributed by atoms with Gasteiger partial charge in [-0.2, -0.15) is 0 Å². The minimum atomic E-state index is -0.714. The molecule has 0 bridgehead atoms. The van der Waals surface area contributed by atoms with Gasteiger partial charge in [-0.1, -0.05) is 23.5 Å². The van der Waals surface area contributed by atoms with Gasteiger partial charge in [-0.05, 0) is 43.3 Å². The first kappa shape index (κ1) is 24.5. The van der Waals surface area contributed by atoms with Crippen LogP contribution < -0.4 is 10.6 Å². The van der Waals surface area contributed by atoms with Gasteiger partial charge in [0.1, 0.15) is 11.0 Å². The Morgan fingerprint density at radius 1 is 1.23 bits per heavy atom. The van der Waals surface area contributed by atoms with Crippen molar-refractivity contribution >= 4 is 63.2 Å². The lowest BCUT2D eigenvalue weighted by Gasteiger charge is -2.14. The summed E-state index contributed by atoms with van der Waals surface area (Å²) in [6.45, 7) is 2.13. The van der Waals surface area contributed by atoms with Crippen molar-refractivity contribution < 1.29 is 28.3 Å². The summed E-state index contributed by atoms with van der Waals surface area (Å²) in [5, 5.41) is 13.4. The van der Waals surface area contributed by atoms with Crippen molar-refractivity contribution in [2.45, 2.75) is 25.1 Å². The van der Waals surface area contributed by atoms with Gasteiger partial charge in [-0.3, -0.25) is 19.3 Å². The zero-order valence-corrected chi connectivity index (χ0v) is 20.2. The molecule has 2 N–H and O–H groups in total. The Hall–Kier alpha value is -3.58. The second kappa shape index (κ2) is 11.2. The molecule has 4 rings (SSSR count). The smallest absolute Gasteiger partial charge is 0.338 e. The molecule has 0 radical (unpaired) electrons. The Kier molecular flexibility index (Phi) is 7.87. The van der Waals surface area contributed by atoms with Crippen molar-refractivity contribution in [2.75, 3.05) is 17.7 Å². The number of nitrogens with one attached hydrogen (secondary N) is 2. The average molecular weight is 516 g/mol. The van der Waals surface area contributed by atoms with E-state index >= 15 is 0 Å². The molecule has 13 heteroatoms. The number of benzene rings is 1. The van der Waals surface area contributed by atoms with E-state index in [1.807, 2.05) is 0 Å². The van der Waals surface area contributed by atoms with Crippen LogP contribution >= 0.6 is 23.5 Å². The van der Waals surface area contributed by atoms with Crippen LogP contribution in [0.3, 0.4) is 0 Å². The third kappa shape index (κ3) is 6.31. The number of hydrogen-bond acceptors (Lipinski definition) is 10. The zero-order chi connectivity index (χ0) is 24.8. The van der Waals surface area contributed by atoms with Crippen LogP contribution in [-0.4, -0.2) is 56.5 Å². The van der Waals surface area contributed by atoms with Crippen LogP contribution in [0.1, 0.15) is 29.5 Å². The van der Waals surface area contributed by atoms with E-state index in [2.05, 4.69) is 20.8 Å². The molecule has 1 atom stereocenters. The summed E-state index contributed by atoms with van der Waals surface area (Å²) in [7, 11) is 0. The molecule has 2 saturated heterocycles. The molecule has 3 amide bonds. The molecule has 0 aliphatic carbocycles. The van der Waals surface area contributed by atoms with Gasteiger partial charge in [-0.25, -0.2) is 4.79 Å². The van der Waals surface area contributed by atoms with E-state index in [0.717, 1.165) is 11.8 Å². The quantitative estimate of drug-likeness (QED) is 0.403. The molecule has 1 unspecified atom stereocenters. The van der Waals surface area contributed by atoms with E-state index in [-0.39, 0.29) is 43.0 Å². The minimum absolute atomic E-state index is 0.0984. The number of nitrogens with zero attached hydrogens (tertiary/aromatic N) is 3. The third-order valence-electron chi connectivity index (χ3n) is 4.78. The monoisotopic (exact) mass is 515 g/mol. The Bertz CT molecular complexity index is 1180. The highest BCUT2D eigenvalue weighted by Crippen LogP contribution is 2.31. The predicted molar refractivity (Wildman–Crippen MR) is 132 cm³/mol. The van der Waals surface area contributed by atoms with Crippen LogP contribution in [0.15, 0.2) is 57.3 Å². The van der Waals surface area contributed by atoms with E-state index in [9.17, 15) is 19.2 Å². The van der Waals surface area contributed by atoms with E-state index in [1.54, 1.807) is 43.3 Å². The molecular weight excluding hydrogens is 494 g/mol. The maximum Gasteiger partial charge on any atom is 0.338 e. The van der Waals surface area contributed by atoms with Crippen molar-refractivity contribution in [1.82, 2.24) is 10.2 Å². The van der Waals surface area contributed by atoms with Crippen LogP contribution in [0.5, 0.6) is 0 Å². The minimum Gasteiger partial charge on any atom is -0.467 e. The standard InChI is InChI=1S/C22H21N5O6S2/c1-2-32-20(31)13-5-7-14(8-6-13)23-17(28)10-16-19(30)27(11-15-4-3-9-33-15)22(35-16)26-25-21-24-18(29)12-34-21/h3-9,16H,2,10-12H2,1H3,(H,23,28)(H,24,25,29)/b26-22+.